The molecule has 3 aromatic rings. The van der Waals surface area contributed by atoms with Crippen LogP contribution in [-0.4, -0.2) is 59.0 Å². The van der Waals surface area contributed by atoms with Crippen LogP contribution in [-0.2, 0) is 0 Å². The second kappa shape index (κ2) is 13.0. The molecule has 3 rings (SSSR count). The lowest BCUT2D eigenvalue weighted by atomic mass is 10.0. The smallest absolute Gasteiger partial charge is 0.0784 e. The molecule has 1 heterocycles. The highest BCUT2D eigenvalue weighted by Crippen LogP contribution is 2.31. The van der Waals surface area contributed by atoms with E-state index in [0.29, 0.717) is 0 Å². The summed E-state index contributed by atoms with van der Waals surface area (Å²) in [6, 6.07) is 17.6. The molecule has 0 fully saturated rings. The zero-order chi connectivity index (χ0) is 20.8. The molecule has 0 spiro atoms. The van der Waals surface area contributed by atoms with Crippen molar-refractivity contribution in [1.29, 1.82) is 0 Å². The van der Waals surface area contributed by atoms with Gasteiger partial charge in [-0.3, -0.25) is 4.68 Å². The number of aryl methyl sites for hydroxylation is 1. The van der Waals surface area contributed by atoms with Crippen molar-refractivity contribution in [2.75, 3.05) is 59.4 Å². The number of halogens is 2. The molecular weight excluding hydrogens is 427 g/mol. The Bertz CT molecular complexity index is 893. The molecular formula is C25H38Cl2N4. The highest BCUT2D eigenvalue weighted by molar-refractivity contribution is 5.96. The van der Waals surface area contributed by atoms with Crippen LogP contribution in [0.3, 0.4) is 0 Å². The highest BCUT2D eigenvalue weighted by Gasteiger charge is 2.15. The topological polar surface area (TPSA) is 17.1 Å². The Morgan fingerprint density at radius 3 is 1.94 bits per heavy atom. The summed E-state index contributed by atoms with van der Waals surface area (Å²) in [4.78, 5) is 3.03. The minimum Gasteiger partial charge on any atom is -1.00 e. The third kappa shape index (κ3) is 7.43. The number of hydrogen-bond donors (Lipinski definition) is 2. The molecule has 172 valence electrons. The molecule has 0 unspecified atom stereocenters. The van der Waals surface area contributed by atoms with Crippen molar-refractivity contribution in [1.82, 2.24) is 4.68 Å². The predicted molar refractivity (Wildman–Crippen MR) is 125 cm³/mol. The fourth-order valence-corrected chi connectivity index (χ4v) is 3.97. The fourth-order valence-electron chi connectivity index (χ4n) is 3.97. The van der Waals surface area contributed by atoms with Gasteiger partial charge in [-0.1, -0.05) is 42.0 Å². The molecule has 6 heteroatoms. The van der Waals surface area contributed by atoms with Gasteiger partial charge in [-0.05, 0) is 24.6 Å². The summed E-state index contributed by atoms with van der Waals surface area (Å²) in [6.45, 7) is 6.74. The summed E-state index contributed by atoms with van der Waals surface area (Å²) in [6.07, 6.45) is 4.75. The van der Waals surface area contributed by atoms with E-state index in [0.717, 1.165) is 13.1 Å². The molecule has 0 saturated carbocycles. The number of benzene rings is 2. The summed E-state index contributed by atoms with van der Waals surface area (Å²) < 4.78 is 2.42. The van der Waals surface area contributed by atoms with Crippen LogP contribution in [0.5, 0.6) is 0 Å². The zero-order valence-corrected chi connectivity index (χ0v) is 21.1. The molecule has 0 atom stereocenters. The van der Waals surface area contributed by atoms with E-state index >= 15 is 0 Å². The van der Waals surface area contributed by atoms with Crippen molar-refractivity contribution in [2.24, 2.45) is 0 Å². The summed E-state index contributed by atoms with van der Waals surface area (Å²) >= 11 is 0. The summed E-state index contributed by atoms with van der Waals surface area (Å²) in [5, 5.41) is 3.90. The molecule has 0 aliphatic carbocycles. The third-order valence-electron chi connectivity index (χ3n) is 5.52. The lowest BCUT2D eigenvalue weighted by Crippen LogP contribution is -3.05. The first-order valence-corrected chi connectivity index (χ1v) is 11.0. The first kappa shape index (κ1) is 27.3. The summed E-state index contributed by atoms with van der Waals surface area (Å²) in [5.41, 5.74) is 5.23. The van der Waals surface area contributed by atoms with Crippen LogP contribution < -0.4 is 39.6 Å². The van der Waals surface area contributed by atoms with Crippen molar-refractivity contribution in [3.05, 3.63) is 60.3 Å². The van der Waals surface area contributed by atoms with Gasteiger partial charge >= 0.3 is 0 Å². The Balaban J connectivity index is 0.00000240. The number of fused-ring (bicyclic) bond motifs is 1. The molecule has 1 aromatic heterocycles. The molecule has 0 amide bonds. The molecule has 0 aliphatic heterocycles. The first-order valence-electron chi connectivity index (χ1n) is 11.0. The van der Waals surface area contributed by atoms with Gasteiger partial charge in [0.15, 0.2) is 0 Å². The van der Waals surface area contributed by atoms with E-state index in [9.17, 15) is 0 Å². The number of rotatable bonds is 10. The van der Waals surface area contributed by atoms with Crippen LogP contribution >= 0.6 is 0 Å². The number of hydrogen-bond acceptors (Lipinski definition) is 1. The predicted octanol–water partition coefficient (Wildman–Crippen LogP) is -4.37. The van der Waals surface area contributed by atoms with Gasteiger partial charge in [0, 0.05) is 43.1 Å². The van der Waals surface area contributed by atoms with Crippen molar-refractivity contribution in [3.8, 4) is 11.1 Å². The first-order chi connectivity index (χ1) is 14.0. The average molecular weight is 466 g/mol. The van der Waals surface area contributed by atoms with E-state index in [1.807, 2.05) is 0 Å². The molecule has 2 aromatic carbocycles. The van der Waals surface area contributed by atoms with Gasteiger partial charge in [-0.25, -0.2) is 0 Å². The van der Waals surface area contributed by atoms with E-state index in [1.165, 1.54) is 63.3 Å². The minimum atomic E-state index is 0. The highest BCUT2D eigenvalue weighted by atomic mass is 35.5. The van der Waals surface area contributed by atoms with Crippen LogP contribution in [0.25, 0.3) is 22.0 Å². The Morgan fingerprint density at radius 1 is 0.806 bits per heavy atom. The van der Waals surface area contributed by atoms with E-state index in [1.54, 1.807) is 0 Å². The van der Waals surface area contributed by atoms with E-state index in [2.05, 4.69) is 99.5 Å². The largest absolute Gasteiger partial charge is 1.00 e. The maximum atomic E-state index is 2.55. The Labute approximate surface area is 200 Å². The molecule has 31 heavy (non-hydrogen) atoms. The van der Waals surface area contributed by atoms with Crippen LogP contribution in [0.2, 0.25) is 0 Å². The van der Waals surface area contributed by atoms with Crippen LogP contribution in [0, 0.1) is 6.92 Å². The van der Waals surface area contributed by atoms with Gasteiger partial charge in [-0.15, -0.1) is 0 Å². The quantitative estimate of drug-likeness (QED) is 0.310. The van der Waals surface area contributed by atoms with E-state index in [-0.39, 0.29) is 24.8 Å². The monoisotopic (exact) mass is 464 g/mol. The fraction of sp³-hybridized carbons (Fsp3) is 0.440. The molecule has 4 nitrogen and oxygen atoms in total. The average Bonchev–Trinajstić information content (AvgIpc) is 3.05. The Morgan fingerprint density at radius 2 is 1.39 bits per heavy atom. The van der Waals surface area contributed by atoms with Gasteiger partial charge in [0.2, 0.25) is 0 Å². The number of quaternary nitrogens is 2. The van der Waals surface area contributed by atoms with Crippen LogP contribution in [0.15, 0.2) is 54.7 Å². The zero-order valence-electron chi connectivity index (χ0n) is 19.6. The van der Waals surface area contributed by atoms with Crippen molar-refractivity contribution < 1.29 is 34.6 Å². The maximum Gasteiger partial charge on any atom is 0.0784 e. The number of aromatic nitrogens is 1. The number of nitrogens with zero attached hydrogens (tertiary/aromatic N) is 2. The Hall–Kier alpha value is -1.72. The Kier molecular flexibility index (Phi) is 11.4. The maximum absolute atomic E-state index is 2.55. The van der Waals surface area contributed by atoms with E-state index in [4.69, 9.17) is 0 Å². The van der Waals surface area contributed by atoms with Crippen molar-refractivity contribution in [3.63, 3.8) is 0 Å². The summed E-state index contributed by atoms with van der Waals surface area (Å²) in [5.74, 6) is 0. The normalized spacial score (nSPS) is 10.9. The van der Waals surface area contributed by atoms with Gasteiger partial charge in [0.05, 0.1) is 46.8 Å². The summed E-state index contributed by atoms with van der Waals surface area (Å²) in [7, 11) is 8.95. The van der Waals surface area contributed by atoms with Gasteiger partial charge in [-0.2, -0.15) is 0 Å². The molecule has 0 saturated heterocycles. The molecule has 2 N–H and O–H groups in total. The van der Waals surface area contributed by atoms with Gasteiger partial charge in [0.1, 0.15) is 0 Å². The lowest BCUT2D eigenvalue weighted by molar-refractivity contribution is -0.858. The van der Waals surface area contributed by atoms with Gasteiger partial charge < -0.3 is 39.6 Å². The SMILES string of the molecule is Cc1ccc2c(c1)c(-c1ccccc1)cn2N(CCC[NH+](C)C)CCC[NH+](C)C.[Cl-].[Cl-]. The van der Waals surface area contributed by atoms with E-state index < -0.39 is 0 Å². The van der Waals surface area contributed by atoms with Gasteiger partial charge in [0.25, 0.3) is 0 Å². The standard InChI is InChI=1S/C25H36N4.2ClH/c1-21-13-14-25-23(19-21)24(22-11-7-6-8-12-22)20-29(25)28(17-9-15-26(2)3)18-10-16-27(4)5;;/h6-8,11-14,19-20H,9-10,15-18H2,1-5H3;2*1H. The molecule has 0 bridgehead atoms. The third-order valence-corrected chi connectivity index (χ3v) is 5.52. The van der Waals surface area contributed by atoms with Crippen molar-refractivity contribution >= 4 is 10.9 Å². The number of nitrogens with one attached hydrogen (secondary N) is 2. The molecule has 0 aliphatic rings. The lowest BCUT2D eigenvalue weighted by Gasteiger charge is -2.27. The minimum absolute atomic E-state index is 0. The van der Waals surface area contributed by atoms with Crippen molar-refractivity contribution in [2.45, 2.75) is 19.8 Å². The van der Waals surface area contributed by atoms with Crippen LogP contribution in [0.1, 0.15) is 18.4 Å². The second-order valence-corrected chi connectivity index (χ2v) is 8.85. The van der Waals surface area contributed by atoms with Crippen LogP contribution in [0.4, 0.5) is 0 Å². The molecule has 0 radical (unpaired) electrons. The second-order valence-electron chi connectivity index (χ2n) is 8.85.